The molecule has 4 heteroatoms. The molecule has 3 atom stereocenters. The minimum absolute atomic E-state index is 0.167. The second-order valence-corrected chi connectivity index (χ2v) is 4.37. The van der Waals surface area contributed by atoms with Gasteiger partial charge in [0.15, 0.2) is 0 Å². The van der Waals surface area contributed by atoms with Gasteiger partial charge in [-0.3, -0.25) is 5.41 Å². The van der Waals surface area contributed by atoms with Crippen LogP contribution in [0.15, 0.2) is 0 Å². The van der Waals surface area contributed by atoms with E-state index in [1.54, 1.807) is 0 Å². The smallest absolute Gasteiger partial charge is 0.251 e. The lowest BCUT2D eigenvalue weighted by atomic mass is 9.94. The minimum Gasteiger partial charge on any atom is -0.473 e. The molecule has 0 aromatic rings. The number of nitrogens with one attached hydrogen (secondary N) is 1. The van der Waals surface area contributed by atoms with E-state index < -0.39 is 0 Å². The van der Waals surface area contributed by atoms with Crippen LogP contribution in [-0.4, -0.2) is 35.9 Å². The van der Waals surface area contributed by atoms with Gasteiger partial charge >= 0.3 is 0 Å². The highest BCUT2D eigenvalue weighted by Gasteiger charge is 2.38. The first-order valence-electron chi connectivity index (χ1n) is 4.35. The van der Waals surface area contributed by atoms with E-state index in [9.17, 15) is 0 Å². The summed E-state index contributed by atoms with van der Waals surface area (Å²) in [5.41, 5.74) is 0. The molecule has 2 heterocycles. The van der Waals surface area contributed by atoms with Crippen LogP contribution in [0.25, 0.3) is 0 Å². The zero-order valence-electron chi connectivity index (χ0n) is 6.92. The van der Waals surface area contributed by atoms with Crippen LogP contribution in [0.3, 0.4) is 0 Å². The lowest BCUT2D eigenvalue weighted by Gasteiger charge is -2.21. The molecule has 0 spiro atoms. The van der Waals surface area contributed by atoms with Crippen molar-refractivity contribution >= 4 is 20.7 Å². The Balaban J connectivity index is 1.79. The van der Waals surface area contributed by atoms with Crippen LogP contribution >= 0.6 is 15.9 Å². The molecule has 12 heavy (non-hydrogen) atoms. The van der Waals surface area contributed by atoms with Crippen molar-refractivity contribution in [1.82, 2.24) is 4.90 Å². The van der Waals surface area contributed by atoms with Gasteiger partial charge in [0.25, 0.3) is 4.81 Å². The third kappa shape index (κ3) is 1.64. The maximum Gasteiger partial charge on any atom is 0.251 e. The molecule has 3 unspecified atom stereocenters. The van der Waals surface area contributed by atoms with Crippen molar-refractivity contribution in [2.45, 2.75) is 6.42 Å². The largest absolute Gasteiger partial charge is 0.473 e. The van der Waals surface area contributed by atoms with Crippen molar-refractivity contribution in [3.8, 4) is 0 Å². The van der Waals surface area contributed by atoms with E-state index in [4.69, 9.17) is 10.1 Å². The Kier molecular flexibility index (Phi) is 2.37. The maximum atomic E-state index is 7.07. The molecular formula is C8H13BrN2O. The number of halogens is 1. The first-order chi connectivity index (χ1) is 5.75. The van der Waals surface area contributed by atoms with E-state index in [0.29, 0.717) is 12.5 Å². The first-order valence-corrected chi connectivity index (χ1v) is 5.14. The third-order valence-corrected chi connectivity index (χ3v) is 3.12. The van der Waals surface area contributed by atoms with E-state index in [1.807, 2.05) is 0 Å². The van der Waals surface area contributed by atoms with Gasteiger partial charge in [-0.05, 0) is 18.9 Å². The van der Waals surface area contributed by atoms with E-state index in [0.717, 1.165) is 5.92 Å². The molecule has 0 amide bonds. The van der Waals surface area contributed by atoms with Gasteiger partial charge in [0.2, 0.25) is 0 Å². The van der Waals surface area contributed by atoms with Gasteiger partial charge in [-0.1, -0.05) is 0 Å². The SMILES string of the molecule is N=C(Br)OCC1CN2CCC1C2. The second-order valence-electron chi connectivity index (χ2n) is 3.65. The van der Waals surface area contributed by atoms with Crippen LogP contribution in [0.2, 0.25) is 0 Å². The molecular weight excluding hydrogens is 220 g/mol. The van der Waals surface area contributed by atoms with Crippen LogP contribution in [-0.2, 0) is 4.74 Å². The van der Waals surface area contributed by atoms with E-state index in [-0.39, 0.29) is 4.81 Å². The molecule has 0 saturated carbocycles. The molecule has 2 rings (SSSR count). The van der Waals surface area contributed by atoms with Crippen molar-refractivity contribution in [3.05, 3.63) is 0 Å². The number of piperidine rings is 1. The quantitative estimate of drug-likeness (QED) is 0.576. The average Bonchev–Trinajstić information content (AvgIpc) is 2.60. The number of ether oxygens (including phenoxy) is 1. The summed E-state index contributed by atoms with van der Waals surface area (Å²) in [6.45, 7) is 4.41. The van der Waals surface area contributed by atoms with Crippen LogP contribution < -0.4 is 0 Å². The van der Waals surface area contributed by atoms with E-state index >= 15 is 0 Å². The zero-order valence-corrected chi connectivity index (χ0v) is 8.51. The third-order valence-electron chi connectivity index (χ3n) is 2.89. The summed E-state index contributed by atoms with van der Waals surface area (Å²) in [5, 5.41) is 7.07. The van der Waals surface area contributed by atoms with Gasteiger partial charge in [0.1, 0.15) is 0 Å². The van der Waals surface area contributed by atoms with Gasteiger partial charge in [-0.2, -0.15) is 0 Å². The second kappa shape index (κ2) is 3.34. The fraction of sp³-hybridized carbons (Fsp3) is 0.875. The van der Waals surface area contributed by atoms with Crippen molar-refractivity contribution in [1.29, 1.82) is 5.41 Å². The summed E-state index contributed by atoms with van der Waals surface area (Å²) >= 11 is 2.98. The van der Waals surface area contributed by atoms with Crippen LogP contribution in [0.4, 0.5) is 0 Å². The highest BCUT2D eigenvalue weighted by molar-refractivity contribution is 9.18. The van der Waals surface area contributed by atoms with Gasteiger partial charge in [0, 0.05) is 34.9 Å². The van der Waals surface area contributed by atoms with Gasteiger partial charge in [-0.15, -0.1) is 0 Å². The summed E-state index contributed by atoms with van der Waals surface area (Å²) < 4.78 is 5.15. The topological polar surface area (TPSA) is 36.3 Å². The molecule has 2 aliphatic heterocycles. The fourth-order valence-corrected chi connectivity index (χ4v) is 2.40. The van der Waals surface area contributed by atoms with Crippen LogP contribution in [0, 0.1) is 17.2 Å². The molecule has 2 saturated heterocycles. The number of hydrogen-bond acceptors (Lipinski definition) is 3. The molecule has 0 aliphatic carbocycles. The molecule has 2 fully saturated rings. The maximum absolute atomic E-state index is 7.07. The molecule has 0 radical (unpaired) electrons. The Morgan fingerprint density at radius 3 is 2.92 bits per heavy atom. The Labute approximate surface area is 80.7 Å². The zero-order chi connectivity index (χ0) is 8.55. The highest BCUT2D eigenvalue weighted by Crippen LogP contribution is 2.32. The highest BCUT2D eigenvalue weighted by atomic mass is 79.9. The Hall–Kier alpha value is -0.0900. The molecule has 2 bridgehead atoms. The summed E-state index contributed by atoms with van der Waals surface area (Å²) in [7, 11) is 0. The van der Waals surface area contributed by atoms with Crippen LogP contribution in [0.5, 0.6) is 0 Å². The molecule has 2 aliphatic rings. The van der Waals surface area contributed by atoms with Gasteiger partial charge < -0.3 is 9.64 Å². The Morgan fingerprint density at radius 2 is 2.42 bits per heavy atom. The number of nitrogens with zero attached hydrogens (tertiary/aromatic N) is 1. The monoisotopic (exact) mass is 232 g/mol. The van der Waals surface area contributed by atoms with Crippen LogP contribution in [0.1, 0.15) is 6.42 Å². The number of fused-ring (bicyclic) bond motifs is 2. The molecule has 1 N–H and O–H groups in total. The minimum atomic E-state index is 0.167. The van der Waals surface area contributed by atoms with Gasteiger partial charge in [-0.25, -0.2) is 0 Å². The van der Waals surface area contributed by atoms with E-state index in [2.05, 4.69) is 20.8 Å². The standard InChI is InChI=1S/C8H13BrN2O/c9-8(10)12-5-7-4-11-2-1-6(7)3-11/h6-7,10H,1-5H2. The Morgan fingerprint density at radius 1 is 1.58 bits per heavy atom. The predicted octanol–water partition coefficient (Wildman–Crippen LogP) is 1.28. The lowest BCUT2D eigenvalue weighted by Crippen LogP contribution is -2.26. The van der Waals surface area contributed by atoms with Crippen molar-refractivity contribution in [2.75, 3.05) is 26.2 Å². The molecule has 0 aromatic heterocycles. The number of rotatable bonds is 2. The normalized spacial score (nSPS) is 38.6. The molecule has 68 valence electrons. The molecule has 3 nitrogen and oxygen atoms in total. The molecule has 0 aromatic carbocycles. The fourth-order valence-electron chi connectivity index (χ4n) is 2.26. The van der Waals surface area contributed by atoms with Crippen molar-refractivity contribution < 1.29 is 4.74 Å². The van der Waals surface area contributed by atoms with Gasteiger partial charge in [0.05, 0.1) is 6.61 Å². The van der Waals surface area contributed by atoms with Crippen molar-refractivity contribution in [3.63, 3.8) is 0 Å². The van der Waals surface area contributed by atoms with E-state index in [1.165, 1.54) is 26.1 Å². The predicted molar refractivity (Wildman–Crippen MR) is 50.6 cm³/mol. The van der Waals surface area contributed by atoms with Crippen molar-refractivity contribution in [2.24, 2.45) is 11.8 Å². The summed E-state index contributed by atoms with van der Waals surface area (Å²) in [6.07, 6.45) is 1.32. The Bertz CT molecular complexity index is 197. The lowest BCUT2D eigenvalue weighted by molar-refractivity contribution is 0.190. The first kappa shape index (κ1) is 8.51. The average molecular weight is 233 g/mol. The number of hydrogen-bond donors (Lipinski definition) is 1. The summed E-state index contributed by atoms with van der Waals surface area (Å²) in [4.78, 5) is 2.65. The summed E-state index contributed by atoms with van der Waals surface area (Å²) in [6, 6.07) is 0. The summed E-state index contributed by atoms with van der Waals surface area (Å²) in [5.74, 6) is 1.49.